The molecule has 0 saturated heterocycles. The van der Waals surface area contributed by atoms with Crippen LogP contribution in [-0.2, 0) is 48.3 Å². The van der Waals surface area contributed by atoms with E-state index in [0.717, 1.165) is 0 Å². The van der Waals surface area contributed by atoms with Gasteiger partial charge in [0, 0.05) is 0 Å². The van der Waals surface area contributed by atoms with Gasteiger partial charge in [-0.15, -0.1) is 0 Å². The number of carboxylic acid groups (broad SMARTS) is 2. The van der Waals surface area contributed by atoms with Gasteiger partial charge in [-0.05, 0) is 0 Å². The Bertz CT molecular complexity index is 202. The van der Waals surface area contributed by atoms with E-state index in [1.54, 1.807) is 0 Å². The average molecular weight is 361 g/mol. The van der Waals surface area contributed by atoms with Crippen LogP contribution in [0.5, 0.6) is 0 Å². The Morgan fingerprint density at radius 3 is 0.684 bits per heavy atom. The fraction of sp³-hybridized carbons (Fsp3) is 0.500. The Balaban J connectivity index is -0.0000000240. The maximum atomic E-state index is 10.5. The molecule has 0 aromatic rings. The molecule has 0 unspecified atom stereocenters. The van der Waals surface area contributed by atoms with Crippen molar-refractivity contribution < 1.29 is 84.8 Å². The molecule has 0 spiro atoms. The number of rotatable bonds is 0. The standard InChI is InChI=1S/2C2HF3O2.Co.4H2O/c2*3-2(4,5)1(6)7;;;;;/h2*(H,6,7);;4*1H2/q;;+2;;;;/p+2. The summed E-state index contributed by atoms with van der Waals surface area (Å²) in [6, 6.07) is 0. The number of halogens is 6. The molecule has 15 heteroatoms. The Hall–Kier alpha value is -1.13. The van der Waals surface area contributed by atoms with E-state index < -0.39 is 24.3 Å². The number of hydrogen-bond acceptors (Lipinski definition) is 4. The smallest absolute Gasteiger partial charge is 0.542 e. The molecule has 0 aliphatic carbocycles. The molecule has 0 rings (SSSR count). The predicted octanol–water partition coefficient (Wildman–Crippen LogP) is -5.09. The van der Waals surface area contributed by atoms with E-state index in [0.29, 0.717) is 0 Å². The number of carboxylic acids is 2. The van der Waals surface area contributed by atoms with Gasteiger partial charge < -0.3 is 41.7 Å². The molecule has 0 aromatic carbocycles. The largest absolute Gasteiger partial charge is 2.00 e. The van der Waals surface area contributed by atoms with Crippen molar-refractivity contribution >= 4 is 11.9 Å². The summed E-state index contributed by atoms with van der Waals surface area (Å²) < 4.78 is 63.1. The summed E-state index contributed by atoms with van der Waals surface area (Å²) in [5.41, 5.74) is 0. The van der Waals surface area contributed by atoms with E-state index in [1.165, 1.54) is 0 Å². The molecule has 0 atom stereocenters. The van der Waals surface area contributed by atoms with Crippen molar-refractivity contribution in [3.8, 4) is 0 Å². The molecule has 12 N–H and O–H groups in total. The summed E-state index contributed by atoms with van der Waals surface area (Å²) in [7, 11) is 0. The van der Waals surface area contributed by atoms with Crippen LogP contribution in [0.4, 0.5) is 26.3 Å². The van der Waals surface area contributed by atoms with Crippen LogP contribution in [0.3, 0.4) is 0 Å². The van der Waals surface area contributed by atoms with Crippen molar-refractivity contribution in [2.24, 2.45) is 0 Å². The van der Waals surface area contributed by atoms with E-state index in [9.17, 15) is 26.3 Å². The molecule has 0 aromatic heterocycles. The van der Waals surface area contributed by atoms with Crippen molar-refractivity contribution in [3.63, 3.8) is 0 Å². The first-order valence-corrected chi connectivity index (χ1v) is 2.45. The number of aliphatic carboxylic acids is 2. The first-order chi connectivity index (χ1) is 5.89. The van der Waals surface area contributed by atoms with Crippen molar-refractivity contribution in [1.82, 2.24) is 0 Å². The maximum Gasteiger partial charge on any atom is 2.00 e. The summed E-state index contributed by atoms with van der Waals surface area (Å²) in [5, 5.41) is 17.6. The molecule has 8 nitrogen and oxygen atoms in total. The van der Waals surface area contributed by atoms with Crippen LogP contribution >= 0.6 is 0 Å². The van der Waals surface area contributed by atoms with Crippen LogP contribution in [0.15, 0.2) is 0 Å². The molecule has 0 saturated carbocycles. The molecular formula is C4H12CoF6O8+4. The summed E-state index contributed by atoms with van der Waals surface area (Å²) in [5.74, 6) is -6.01. The first kappa shape index (κ1) is 43.0. The van der Waals surface area contributed by atoms with Crippen molar-refractivity contribution in [2.45, 2.75) is 12.4 Å². The zero-order valence-electron chi connectivity index (χ0n) is 8.54. The van der Waals surface area contributed by atoms with E-state index in [-0.39, 0.29) is 38.7 Å². The quantitative estimate of drug-likeness (QED) is 0.306. The second kappa shape index (κ2) is 14.9. The third-order valence-electron chi connectivity index (χ3n) is 0.463. The monoisotopic (exact) mass is 361 g/mol. The Morgan fingerprint density at radius 2 is 0.684 bits per heavy atom. The summed E-state index contributed by atoms with van der Waals surface area (Å²) in [6.45, 7) is 0. The SMILES string of the molecule is O=C([O-])C(F)(F)F.O=C([O-])C(F)(F)F.[Co+2].[OH3+].[OH3+].[OH3+].[OH3+]. The molecule has 0 heterocycles. The molecule has 19 heavy (non-hydrogen) atoms. The van der Waals surface area contributed by atoms with E-state index in [1.807, 2.05) is 0 Å². The first-order valence-electron chi connectivity index (χ1n) is 2.45. The minimum Gasteiger partial charge on any atom is -0.542 e. The Morgan fingerprint density at radius 1 is 0.632 bits per heavy atom. The van der Waals surface area contributed by atoms with Crippen LogP contribution in [0, 0.1) is 0 Å². The van der Waals surface area contributed by atoms with Crippen LogP contribution < -0.4 is 10.2 Å². The average Bonchev–Trinajstić information content (AvgIpc) is 1.83. The van der Waals surface area contributed by atoms with Crippen LogP contribution in [0.2, 0.25) is 0 Å². The Kier molecular flexibility index (Phi) is 33.8. The van der Waals surface area contributed by atoms with Crippen molar-refractivity contribution in [2.75, 3.05) is 0 Å². The van der Waals surface area contributed by atoms with Gasteiger partial charge in [-0.3, -0.25) is 0 Å². The second-order valence-electron chi connectivity index (χ2n) is 1.57. The van der Waals surface area contributed by atoms with Gasteiger partial charge >= 0.3 is 29.1 Å². The minimum atomic E-state index is -5.19. The maximum absolute atomic E-state index is 10.5. The van der Waals surface area contributed by atoms with Gasteiger partial charge in [0.2, 0.25) is 0 Å². The minimum absolute atomic E-state index is 0. The zero-order chi connectivity index (χ0) is 12.2. The third-order valence-corrected chi connectivity index (χ3v) is 0.463. The van der Waals surface area contributed by atoms with Gasteiger partial charge in [0.15, 0.2) is 0 Å². The van der Waals surface area contributed by atoms with E-state index in [2.05, 4.69) is 0 Å². The Labute approximate surface area is 110 Å². The summed E-state index contributed by atoms with van der Waals surface area (Å²) in [6.07, 6.45) is -10.4. The van der Waals surface area contributed by atoms with Crippen molar-refractivity contribution in [3.05, 3.63) is 0 Å². The van der Waals surface area contributed by atoms with Gasteiger partial charge in [0.25, 0.3) is 0 Å². The topological polar surface area (TPSA) is 212 Å². The van der Waals surface area contributed by atoms with Crippen LogP contribution in [-0.4, -0.2) is 24.3 Å². The van der Waals surface area contributed by atoms with Crippen LogP contribution in [0.25, 0.3) is 0 Å². The van der Waals surface area contributed by atoms with Gasteiger partial charge in [-0.1, -0.05) is 0 Å². The second-order valence-corrected chi connectivity index (χ2v) is 1.57. The van der Waals surface area contributed by atoms with E-state index in [4.69, 9.17) is 19.8 Å². The molecule has 1 radical (unpaired) electrons. The van der Waals surface area contributed by atoms with Gasteiger partial charge in [0.05, 0.1) is 0 Å². The number of carbonyl (C=O) groups is 2. The summed E-state index contributed by atoms with van der Waals surface area (Å²) >= 11 is 0. The van der Waals surface area contributed by atoms with Crippen molar-refractivity contribution in [1.29, 1.82) is 0 Å². The molecule has 0 fully saturated rings. The van der Waals surface area contributed by atoms with Gasteiger partial charge in [-0.25, -0.2) is 0 Å². The summed E-state index contributed by atoms with van der Waals surface area (Å²) in [4.78, 5) is 17.6. The van der Waals surface area contributed by atoms with Crippen LogP contribution in [0.1, 0.15) is 0 Å². The number of alkyl halides is 6. The molecule has 0 aliphatic rings. The third kappa shape index (κ3) is 31.6. The molecule has 0 amide bonds. The normalized spacial score (nSPS) is 8.32. The fourth-order valence-corrected chi connectivity index (χ4v) is 0. The molecule has 0 aliphatic heterocycles. The molecular weight excluding hydrogens is 349 g/mol. The number of hydrogen-bond donors (Lipinski definition) is 0. The fourth-order valence-electron chi connectivity index (χ4n) is 0. The molecule has 123 valence electrons. The van der Waals surface area contributed by atoms with E-state index >= 15 is 0 Å². The predicted molar refractivity (Wildman–Crippen MR) is 41.6 cm³/mol. The molecule has 0 bridgehead atoms. The zero-order valence-corrected chi connectivity index (χ0v) is 9.58. The van der Waals surface area contributed by atoms with Gasteiger partial charge in [0.1, 0.15) is 11.9 Å². The van der Waals surface area contributed by atoms with Gasteiger partial charge in [-0.2, -0.15) is 26.3 Å². The number of carbonyl (C=O) groups excluding carboxylic acids is 2.